The molecular weight excluding hydrogens is 311 g/mol. The van der Waals surface area contributed by atoms with Gasteiger partial charge in [-0.3, -0.25) is 0 Å². The van der Waals surface area contributed by atoms with Crippen LogP contribution < -0.4 is 5.11 Å². The summed E-state index contributed by atoms with van der Waals surface area (Å²) >= 11 is 0. The summed E-state index contributed by atoms with van der Waals surface area (Å²) in [5, 5.41) is 9.91. The molecule has 0 aliphatic heterocycles. The Hall–Kier alpha value is -1.03. The summed E-state index contributed by atoms with van der Waals surface area (Å²) in [5.74, 6) is -1.01. The van der Waals surface area contributed by atoms with E-state index in [4.69, 9.17) is 0 Å². The number of rotatable bonds is 0. The molecule has 0 saturated carbocycles. The smallest absolute Gasteiger partial charge is 0.550 e. The van der Waals surface area contributed by atoms with Gasteiger partial charge in [0.05, 0.1) is 0 Å². The molecular formula is C13H15F3O2Zn. The fourth-order valence-corrected chi connectivity index (χ4v) is 0.748. The number of alkyl halides is 3. The number of hydrogen-bond donors (Lipinski definition) is 0. The Bertz CT molecular complexity index is 409. The zero-order valence-electron chi connectivity index (χ0n) is 11.2. The maximum atomic E-state index is 11.9. The molecule has 0 fully saturated rings. The van der Waals surface area contributed by atoms with Gasteiger partial charge in [-0.2, -0.15) is 37.8 Å². The maximum absolute atomic E-state index is 11.9. The van der Waals surface area contributed by atoms with Crippen molar-refractivity contribution in [2.24, 2.45) is 5.41 Å². The first-order chi connectivity index (χ1) is 7.94. The van der Waals surface area contributed by atoms with Crippen LogP contribution in [0.1, 0.15) is 31.9 Å². The summed E-state index contributed by atoms with van der Waals surface area (Å²) in [6, 6.07) is 4.90. The number of carboxylic acid groups (broad SMARTS) is 1. The molecule has 0 N–H and O–H groups in total. The van der Waals surface area contributed by atoms with E-state index in [1.54, 1.807) is 20.8 Å². The molecule has 1 rings (SSSR count). The van der Waals surface area contributed by atoms with Gasteiger partial charge in [-0.05, 0) is 5.56 Å². The minimum atomic E-state index is -4.26. The number of carbonyl (C=O) groups is 1. The van der Waals surface area contributed by atoms with Crippen LogP contribution in [0.5, 0.6) is 0 Å². The first-order valence-electron chi connectivity index (χ1n) is 5.15. The summed E-state index contributed by atoms with van der Waals surface area (Å²) in [7, 11) is 0. The summed E-state index contributed by atoms with van der Waals surface area (Å²) in [5.41, 5.74) is -0.968. The minimum absolute atomic E-state index is 0. The van der Waals surface area contributed by atoms with Gasteiger partial charge in [0.2, 0.25) is 0 Å². The van der Waals surface area contributed by atoms with Crippen molar-refractivity contribution in [3.8, 4) is 0 Å². The van der Waals surface area contributed by atoms with Gasteiger partial charge >= 0.3 is 25.7 Å². The number of halogens is 3. The van der Waals surface area contributed by atoms with E-state index in [0.29, 0.717) is 5.56 Å². The van der Waals surface area contributed by atoms with E-state index in [0.717, 1.165) is 12.1 Å². The third-order valence-electron chi connectivity index (χ3n) is 1.87. The number of benzene rings is 1. The summed E-state index contributed by atoms with van der Waals surface area (Å²) < 4.78 is 35.8. The van der Waals surface area contributed by atoms with Gasteiger partial charge in [0.25, 0.3) is 0 Å². The van der Waals surface area contributed by atoms with Crippen LogP contribution >= 0.6 is 0 Å². The average molecular weight is 326 g/mol. The zero-order valence-corrected chi connectivity index (χ0v) is 14.1. The SMILES string of the molecule is CC(C)(C)C(=O)[O-].[CH2-]c1cccc(C(F)(F)F)c1.[Zn+2]. The first-order valence-corrected chi connectivity index (χ1v) is 5.15. The molecule has 102 valence electrons. The molecule has 1 aromatic carbocycles. The minimum Gasteiger partial charge on any atom is -0.550 e. The molecule has 1 aromatic rings. The van der Waals surface area contributed by atoms with Crippen molar-refractivity contribution in [2.75, 3.05) is 0 Å². The van der Waals surface area contributed by atoms with Gasteiger partial charge in [0, 0.05) is 11.4 Å². The van der Waals surface area contributed by atoms with Crippen LogP contribution in [0, 0.1) is 12.3 Å². The van der Waals surface area contributed by atoms with Gasteiger partial charge in [0.15, 0.2) is 0 Å². The van der Waals surface area contributed by atoms with Gasteiger partial charge in [0.1, 0.15) is 0 Å². The third kappa shape index (κ3) is 8.65. The van der Waals surface area contributed by atoms with E-state index in [-0.39, 0.29) is 19.5 Å². The van der Waals surface area contributed by atoms with E-state index >= 15 is 0 Å². The maximum Gasteiger partial charge on any atom is 2.00 e. The van der Waals surface area contributed by atoms with Crippen molar-refractivity contribution in [3.63, 3.8) is 0 Å². The second kappa shape index (κ2) is 7.54. The molecule has 19 heavy (non-hydrogen) atoms. The van der Waals surface area contributed by atoms with Crippen molar-refractivity contribution in [1.29, 1.82) is 0 Å². The molecule has 0 bridgehead atoms. The summed E-state index contributed by atoms with van der Waals surface area (Å²) in [6.07, 6.45) is -4.26. The van der Waals surface area contributed by atoms with Gasteiger partial charge in [-0.1, -0.05) is 26.8 Å². The molecule has 0 aliphatic carbocycles. The fraction of sp³-hybridized carbons (Fsp3) is 0.385. The standard InChI is InChI=1S/C8H6F3.C5H10O2.Zn/c1-6-3-2-4-7(5-6)8(9,10)11;1-5(2,3)4(6)7;/h2-5H,1H2;1-3H3,(H,6,7);/q-1;;+2/p-1. The van der Waals surface area contributed by atoms with Crippen molar-refractivity contribution in [2.45, 2.75) is 26.9 Å². The van der Waals surface area contributed by atoms with Crippen molar-refractivity contribution < 1.29 is 42.6 Å². The quantitative estimate of drug-likeness (QED) is 0.543. The molecule has 0 aromatic heterocycles. The number of hydrogen-bond acceptors (Lipinski definition) is 2. The van der Waals surface area contributed by atoms with E-state index in [2.05, 4.69) is 6.92 Å². The van der Waals surface area contributed by atoms with Crippen LogP contribution in [0.4, 0.5) is 13.2 Å². The fourth-order valence-electron chi connectivity index (χ4n) is 0.748. The Kier molecular flexibility index (Phi) is 8.05. The predicted molar refractivity (Wildman–Crippen MR) is 60.4 cm³/mol. The molecule has 0 spiro atoms. The molecule has 0 unspecified atom stereocenters. The Balaban J connectivity index is 0. The van der Waals surface area contributed by atoms with Gasteiger partial charge in [-0.15, -0.1) is 6.07 Å². The third-order valence-corrected chi connectivity index (χ3v) is 1.87. The van der Waals surface area contributed by atoms with Crippen molar-refractivity contribution in [3.05, 3.63) is 42.3 Å². The van der Waals surface area contributed by atoms with Gasteiger partial charge in [-0.25, -0.2) is 0 Å². The van der Waals surface area contributed by atoms with Crippen LogP contribution in [0.15, 0.2) is 24.3 Å². The monoisotopic (exact) mass is 324 g/mol. The first kappa shape index (κ1) is 20.3. The van der Waals surface area contributed by atoms with E-state index in [1.807, 2.05) is 0 Å². The molecule has 0 aliphatic rings. The second-order valence-corrected chi connectivity index (χ2v) is 4.74. The van der Waals surface area contributed by atoms with Gasteiger partial charge < -0.3 is 9.90 Å². The van der Waals surface area contributed by atoms with Crippen LogP contribution in [0.2, 0.25) is 0 Å². The zero-order chi connectivity index (χ0) is 14.6. The van der Waals surface area contributed by atoms with Crippen molar-refractivity contribution >= 4 is 5.97 Å². The Morgan fingerprint density at radius 2 is 1.63 bits per heavy atom. The molecule has 0 saturated heterocycles. The van der Waals surface area contributed by atoms with E-state index in [9.17, 15) is 23.1 Å². The molecule has 0 heterocycles. The Labute approximate surface area is 123 Å². The molecule has 6 heteroatoms. The van der Waals surface area contributed by atoms with Crippen LogP contribution in [-0.4, -0.2) is 5.97 Å². The van der Waals surface area contributed by atoms with Crippen molar-refractivity contribution in [1.82, 2.24) is 0 Å². The largest absolute Gasteiger partial charge is 2.00 e. The summed E-state index contributed by atoms with van der Waals surface area (Å²) in [4.78, 5) is 9.91. The van der Waals surface area contributed by atoms with Crippen LogP contribution in [-0.2, 0) is 30.4 Å². The number of carbonyl (C=O) groups excluding carboxylic acids is 1. The topological polar surface area (TPSA) is 40.1 Å². The molecule has 0 amide bonds. The number of aliphatic carboxylic acids is 1. The Morgan fingerprint density at radius 1 is 1.21 bits per heavy atom. The normalized spacial score (nSPS) is 10.8. The number of carboxylic acids is 1. The second-order valence-electron chi connectivity index (χ2n) is 4.74. The molecule has 0 atom stereocenters. The molecule has 2 nitrogen and oxygen atoms in total. The van der Waals surface area contributed by atoms with E-state index in [1.165, 1.54) is 12.1 Å². The summed E-state index contributed by atoms with van der Waals surface area (Å²) in [6.45, 7) is 8.19. The van der Waals surface area contributed by atoms with Crippen LogP contribution in [0.3, 0.4) is 0 Å². The average Bonchev–Trinajstić information content (AvgIpc) is 2.15. The van der Waals surface area contributed by atoms with Crippen LogP contribution in [0.25, 0.3) is 0 Å². The van der Waals surface area contributed by atoms with E-state index < -0.39 is 23.1 Å². The Morgan fingerprint density at radius 3 is 1.84 bits per heavy atom. The molecule has 0 radical (unpaired) electrons. The predicted octanol–water partition coefficient (Wildman–Crippen LogP) is 2.67.